The maximum absolute atomic E-state index is 13.6. The number of ether oxygens (including phenoxy) is 1. The Morgan fingerprint density at radius 2 is 1.71 bits per heavy atom. The zero-order valence-corrected chi connectivity index (χ0v) is 27.1. The largest absolute Gasteiger partial charge is 0.444 e. The molecular formula is C29H33BrClN5O4S. The molecule has 2 aromatic heterocycles. The lowest BCUT2D eigenvalue weighted by Crippen LogP contribution is -2.42. The monoisotopic (exact) mass is 661 g/mol. The molecule has 0 radical (unpaired) electrons. The molecule has 5 rings (SSSR count). The van der Waals surface area contributed by atoms with E-state index >= 15 is 0 Å². The van der Waals surface area contributed by atoms with Crippen molar-refractivity contribution >= 4 is 54.6 Å². The Morgan fingerprint density at radius 3 is 2.32 bits per heavy atom. The Kier molecular flexibility index (Phi) is 7.76. The average molecular weight is 663 g/mol. The Morgan fingerprint density at radius 1 is 1.07 bits per heavy atom. The fraction of sp³-hybridized carbons (Fsp3) is 0.414. The van der Waals surface area contributed by atoms with E-state index in [0.29, 0.717) is 39.2 Å². The molecule has 218 valence electrons. The third kappa shape index (κ3) is 5.51. The van der Waals surface area contributed by atoms with Gasteiger partial charge in [0.15, 0.2) is 0 Å². The van der Waals surface area contributed by atoms with Gasteiger partial charge in [0, 0.05) is 35.3 Å². The summed E-state index contributed by atoms with van der Waals surface area (Å²) in [7, 11) is -3.94. The van der Waals surface area contributed by atoms with Crippen LogP contribution in [-0.4, -0.2) is 57.1 Å². The van der Waals surface area contributed by atoms with Crippen LogP contribution in [-0.2, 0) is 14.8 Å². The van der Waals surface area contributed by atoms with E-state index in [1.807, 2.05) is 46.2 Å². The van der Waals surface area contributed by atoms with Crippen LogP contribution < -0.4 is 0 Å². The third-order valence-electron chi connectivity index (χ3n) is 7.33. The van der Waals surface area contributed by atoms with Crippen LogP contribution in [0.2, 0.25) is 5.02 Å². The predicted molar refractivity (Wildman–Crippen MR) is 163 cm³/mol. The van der Waals surface area contributed by atoms with Gasteiger partial charge in [0.2, 0.25) is 0 Å². The quantitative estimate of drug-likeness (QED) is 0.232. The van der Waals surface area contributed by atoms with Crippen molar-refractivity contribution in [2.45, 2.75) is 70.9 Å². The summed E-state index contributed by atoms with van der Waals surface area (Å²) < 4.78 is 36.3. The van der Waals surface area contributed by atoms with Gasteiger partial charge < -0.3 is 9.64 Å². The van der Waals surface area contributed by atoms with Gasteiger partial charge in [-0.1, -0.05) is 29.3 Å². The molecule has 12 heteroatoms. The molecule has 4 aromatic rings. The second-order valence-electron chi connectivity index (χ2n) is 11.5. The SMILES string of the molecule is Cc1ccc(S(=O)(=O)n2ncc3c(-c4c(Br)nn(C5CCN(C(=O)OC(C)(C)C)CC5)c4C)c(Cl)c(C)cc32)cc1. The van der Waals surface area contributed by atoms with Crippen molar-refractivity contribution in [3.8, 4) is 11.1 Å². The van der Waals surface area contributed by atoms with Gasteiger partial charge in [0.25, 0.3) is 10.0 Å². The topological polar surface area (TPSA) is 99.3 Å². The molecule has 0 unspecified atom stereocenters. The summed E-state index contributed by atoms with van der Waals surface area (Å²) in [4.78, 5) is 14.4. The zero-order chi connectivity index (χ0) is 29.9. The van der Waals surface area contributed by atoms with Crippen molar-refractivity contribution in [3.05, 3.63) is 63.0 Å². The molecule has 2 aromatic carbocycles. The van der Waals surface area contributed by atoms with E-state index in [-0.39, 0.29) is 17.0 Å². The summed E-state index contributed by atoms with van der Waals surface area (Å²) in [6, 6.07) is 8.52. The lowest BCUT2D eigenvalue weighted by molar-refractivity contribution is 0.0184. The summed E-state index contributed by atoms with van der Waals surface area (Å²) in [6.07, 6.45) is 2.68. The number of hydrogen-bond acceptors (Lipinski definition) is 6. The number of halogens is 2. The first-order valence-electron chi connectivity index (χ1n) is 13.4. The molecular weight excluding hydrogens is 630 g/mol. The lowest BCUT2D eigenvalue weighted by atomic mass is 9.99. The highest BCUT2D eigenvalue weighted by Gasteiger charge is 2.31. The van der Waals surface area contributed by atoms with E-state index in [0.717, 1.165) is 39.3 Å². The van der Waals surface area contributed by atoms with E-state index in [2.05, 4.69) is 21.0 Å². The number of benzene rings is 2. The minimum atomic E-state index is -3.94. The van der Waals surface area contributed by atoms with Gasteiger partial charge in [-0.25, -0.2) is 4.79 Å². The molecule has 0 N–H and O–H groups in total. The number of aryl methyl sites for hydroxylation is 2. The van der Waals surface area contributed by atoms with Gasteiger partial charge in [-0.3, -0.25) is 4.68 Å². The summed E-state index contributed by atoms with van der Waals surface area (Å²) in [5.74, 6) is 0. The van der Waals surface area contributed by atoms with Gasteiger partial charge in [-0.05, 0) is 94.1 Å². The van der Waals surface area contributed by atoms with Crippen LogP contribution in [0.4, 0.5) is 4.79 Å². The molecule has 0 saturated carbocycles. The van der Waals surface area contributed by atoms with Crippen molar-refractivity contribution in [1.82, 2.24) is 23.9 Å². The highest BCUT2D eigenvalue weighted by Crippen LogP contribution is 2.44. The van der Waals surface area contributed by atoms with E-state index in [1.165, 1.54) is 0 Å². The van der Waals surface area contributed by atoms with E-state index in [4.69, 9.17) is 21.4 Å². The number of likely N-dealkylation sites (tertiary alicyclic amines) is 1. The number of rotatable bonds is 4. The number of hydrogen-bond donors (Lipinski definition) is 0. The highest BCUT2D eigenvalue weighted by molar-refractivity contribution is 9.10. The average Bonchev–Trinajstić information content (AvgIpc) is 3.45. The second-order valence-corrected chi connectivity index (χ2v) is 14.4. The number of carbonyl (C=O) groups excluding carboxylic acids is 1. The standard InChI is InChI=1S/C29H33BrClN5O4S/c1-17-7-9-21(10-8-17)41(38,39)36-23-15-18(2)26(31)25(22(23)16-32-36)24-19(3)35(33-27(24)30)20-11-13-34(14-12-20)28(37)40-29(4,5)6/h7-10,15-16,20H,11-14H2,1-6H3. The van der Waals surface area contributed by atoms with Gasteiger partial charge in [-0.2, -0.15) is 22.7 Å². The van der Waals surface area contributed by atoms with Gasteiger partial charge in [-0.15, -0.1) is 0 Å². The highest BCUT2D eigenvalue weighted by atomic mass is 79.9. The molecule has 9 nitrogen and oxygen atoms in total. The summed E-state index contributed by atoms with van der Waals surface area (Å²) in [5, 5.41) is 10.3. The maximum Gasteiger partial charge on any atom is 0.410 e. The first-order chi connectivity index (χ1) is 19.2. The van der Waals surface area contributed by atoms with Crippen molar-refractivity contribution in [2.24, 2.45) is 0 Å². The molecule has 1 aliphatic rings. The first-order valence-corrected chi connectivity index (χ1v) is 16.0. The Labute approximate surface area is 253 Å². The molecule has 0 bridgehead atoms. The van der Waals surface area contributed by atoms with Crippen molar-refractivity contribution < 1.29 is 17.9 Å². The second kappa shape index (κ2) is 10.7. The predicted octanol–water partition coefficient (Wildman–Crippen LogP) is 7.05. The van der Waals surface area contributed by atoms with E-state index in [1.54, 1.807) is 41.4 Å². The molecule has 41 heavy (non-hydrogen) atoms. The molecule has 1 aliphatic heterocycles. The summed E-state index contributed by atoms with van der Waals surface area (Å²) in [5.41, 5.74) is 3.92. The Balaban J connectivity index is 1.52. The van der Waals surface area contributed by atoms with Crippen LogP contribution in [0.15, 0.2) is 46.0 Å². The van der Waals surface area contributed by atoms with Crippen molar-refractivity contribution in [2.75, 3.05) is 13.1 Å². The molecule has 1 amide bonds. The molecule has 0 aliphatic carbocycles. The number of piperidine rings is 1. The summed E-state index contributed by atoms with van der Waals surface area (Å²) >= 11 is 10.6. The van der Waals surface area contributed by atoms with E-state index in [9.17, 15) is 13.2 Å². The van der Waals surface area contributed by atoms with Gasteiger partial charge in [0.1, 0.15) is 10.2 Å². The number of nitrogens with zero attached hydrogens (tertiary/aromatic N) is 5. The molecule has 1 fully saturated rings. The number of carbonyl (C=O) groups is 1. The fourth-order valence-electron chi connectivity index (χ4n) is 5.24. The molecule has 1 saturated heterocycles. The first kappa shape index (κ1) is 29.6. The zero-order valence-electron chi connectivity index (χ0n) is 23.9. The minimum Gasteiger partial charge on any atom is -0.444 e. The summed E-state index contributed by atoms with van der Waals surface area (Å²) in [6.45, 7) is 12.4. The van der Waals surface area contributed by atoms with Crippen LogP contribution in [0, 0.1) is 20.8 Å². The van der Waals surface area contributed by atoms with Crippen LogP contribution in [0.3, 0.4) is 0 Å². The Bertz CT molecular complexity index is 1750. The van der Waals surface area contributed by atoms with Crippen LogP contribution in [0.25, 0.3) is 22.0 Å². The fourth-order valence-corrected chi connectivity index (χ4v) is 7.41. The van der Waals surface area contributed by atoms with Crippen LogP contribution >= 0.6 is 27.5 Å². The van der Waals surface area contributed by atoms with Crippen LogP contribution in [0.1, 0.15) is 56.5 Å². The van der Waals surface area contributed by atoms with E-state index < -0.39 is 15.6 Å². The maximum atomic E-state index is 13.6. The lowest BCUT2D eigenvalue weighted by Gasteiger charge is -2.33. The molecule has 3 heterocycles. The number of amides is 1. The normalized spacial score (nSPS) is 15.1. The van der Waals surface area contributed by atoms with Crippen molar-refractivity contribution in [3.63, 3.8) is 0 Å². The molecule has 0 spiro atoms. The van der Waals surface area contributed by atoms with Gasteiger partial charge >= 0.3 is 6.09 Å². The number of fused-ring (bicyclic) bond motifs is 1. The van der Waals surface area contributed by atoms with Gasteiger partial charge in [0.05, 0.1) is 27.7 Å². The Hall–Kier alpha value is -2.89. The van der Waals surface area contributed by atoms with Crippen LogP contribution in [0.5, 0.6) is 0 Å². The number of aromatic nitrogens is 4. The minimum absolute atomic E-state index is 0.0717. The molecule has 0 atom stereocenters. The smallest absolute Gasteiger partial charge is 0.410 e. The van der Waals surface area contributed by atoms with Crippen molar-refractivity contribution in [1.29, 1.82) is 0 Å². The third-order valence-corrected chi connectivity index (χ3v) is 9.98.